The Morgan fingerprint density at radius 1 is 0.938 bits per heavy atom. The average molecular weight is 253 g/mol. The van der Waals surface area contributed by atoms with Crippen LogP contribution in [-0.2, 0) is 0 Å². The van der Waals surface area contributed by atoms with Crippen molar-refractivity contribution in [2.24, 2.45) is 0 Å². The molecule has 4 heteroatoms. The van der Waals surface area contributed by atoms with Gasteiger partial charge in [0.2, 0.25) is 0 Å². The van der Waals surface area contributed by atoms with E-state index in [0.29, 0.717) is 10.3 Å². The van der Waals surface area contributed by atoms with Crippen LogP contribution in [0.4, 0.5) is 0 Å². The Balaban J connectivity index is 2.62. The second-order valence-corrected chi connectivity index (χ2v) is 4.44. The van der Waals surface area contributed by atoms with Crippen molar-refractivity contribution >= 4 is 23.2 Å². The maximum Gasteiger partial charge on any atom is 0.159 e. The molecule has 1 heterocycles. The molecule has 1 aromatic heterocycles. The van der Waals surface area contributed by atoms with Gasteiger partial charge in [0.15, 0.2) is 10.3 Å². The summed E-state index contributed by atoms with van der Waals surface area (Å²) in [4.78, 5) is 0. The zero-order valence-corrected chi connectivity index (χ0v) is 10.5. The Kier molecular flexibility index (Phi) is 3.13. The van der Waals surface area contributed by atoms with Crippen LogP contribution in [0.1, 0.15) is 11.1 Å². The summed E-state index contributed by atoms with van der Waals surface area (Å²) in [5, 5.41) is 8.22. The monoisotopic (exact) mass is 252 g/mol. The molecule has 0 radical (unpaired) electrons. The van der Waals surface area contributed by atoms with Gasteiger partial charge in [0.25, 0.3) is 0 Å². The average Bonchev–Trinajstić information content (AvgIpc) is 2.22. The van der Waals surface area contributed by atoms with Gasteiger partial charge < -0.3 is 0 Å². The molecule has 0 aliphatic heterocycles. The topological polar surface area (TPSA) is 25.8 Å². The maximum absolute atomic E-state index is 6.01. The molecule has 0 amide bonds. The van der Waals surface area contributed by atoms with Gasteiger partial charge >= 0.3 is 0 Å². The third kappa shape index (κ3) is 2.18. The Hall–Kier alpha value is -1.12. The second kappa shape index (κ2) is 4.40. The number of hydrogen-bond donors (Lipinski definition) is 0. The van der Waals surface area contributed by atoms with Gasteiger partial charge in [0, 0.05) is 5.56 Å². The molecule has 2 rings (SSSR count). The SMILES string of the molecule is Cc1ccc(-c2cc(Cl)nnc2Cl)c(C)c1. The van der Waals surface area contributed by atoms with Crippen molar-refractivity contribution in [2.45, 2.75) is 13.8 Å². The first-order chi connectivity index (χ1) is 7.58. The minimum absolute atomic E-state index is 0.347. The molecule has 0 aliphatic rings. The van der Waals surface area contributed by atoms with E-state index in [9.17, 15) is 0 Å². The molecule has 0 aliphatic carbocycles. The molecule has 2 aromatic rings. The van der Waals surface area contributed by atoms with Gasteiger partial charge in [-0.2, -0.15) is 0 Å². The fourth-order valence-corrected chi connectivity index (χ4v) is 2.00. The van der Waals surface area contributed by atoms with E-state index in [2.05, 4.69) is 23.2 Å². The lowest BCUT2D eigenvalue weighted by molar-refractivity contribution is 1.03. The van der Waals surface area contributed by atoms with Crippen molar-refractivity contribution in [3.8, 4) is 11.1 Å². The number of halogens is 2. The molecule has 0 unspecified atom stereocenters. The normalized spacial score (nSPS) is 10.5. The summed E-state index contributed by atoms with van der Waals surface area (Å²) < 4.78 is 0. The third-order valence-electron chi connectivity index (χ3n) is 2.39. The summed E-state index contributed by atoms with van der Waals surface area (Å²) in [6, 6.07) is 7.88. The number of hydrogen-bond acceptors (Lipinski definition) is 2. The highest BCUT2D eigenvalue weighted by atomic mass is 35.5. The van der Waals surface area contributed by atoms with Gasteiger partial charge in [-0.3, -0.25) is 0 Å². The van der Waals surface area contributed by atoms with Gasteiger partial charge in [0.1, 0.15) is 0 Å². The van der Waals surface area contributed by atoms with Crippen LogP contribution in [0.2, 0.25) is 10.3 Å². The molecule has 0 N–H and O–H groups in total. The van der Waals surface area contributed by atoms with Crippen LogP contribution >= 0.6 is 23.2 Å². The minimum Gasteiger partial charge on any atom is -0.137 e. The first-order valence-electron chi connectivity index (χ1n) is 4.84. The number of rotatable bonds is 1. The van der Waals surface area contributed by atoms with Crippen molar-refractivity contribution in [3.63, 3.8) is 0 Å². The predicted octanol–water partition coefficient (Wildman–Crippen LogP) is 4.07. The predicted molar refractivity (Wildman–Crippen MR) is 67.0 cm³/mol. The fraction of sp³-hybridized carbons (Fsp3) is 0.167. The molecule has 1 aromatic carbocycles. The molecule has 0 bridgehead atoms. The van der Waals surface area contributed by atoms with Gasteiger partial charge in [-0.25, -0.2) is 0 Å². The standard InChI is InChI=1S/C12H10Cl2N2/c1-7-3-4-9(8(2)5-7)10-6-11(13)15-16-12(10)14/h3-6H,1-2H3. The van der Waals surface area contributed by atoms with Crippen LogP contribution in [-0.4, -0.2) is 10.2 Å². The highest BCUT2D eigenvalue weighted by molar-refractivity contribution is 6.33. The first-order valence-corrected chi connectivity index (χ1v) is 5.60. The number of nitrogens with zero attached hydrogens (tertiary/aromatic N) is 2. The summed E-state index contributed by atoms with van der Waals surface area (Å²) in [6.07, 6.45) is 0. The number of aromatic nitrogens is 2. The maximum atomic E-state index is 6.01. The summed E-state index contributed by atoms with van der Waals surface area (Å²) in [6.45, 7) is 4.09. The molecule has 16 heavy (non-hydrogen) atoms. The van der Waals surface area contributed by atoms with Gasteiger partial charge in [0.05, 0.1) is 0 Å². The highest BCUT2D eigenvalue weighted by Crippen LogP contribution is 2.30. The van der Waals surface area contributed by atoms with Crippen molar-refractivity contribution in [1.82, 2.24) is 10.2 Å². The van der Waals surface area contributed by atoms with Gasteiger partial charge in [-0.1, -0.05) is 47.0 Å². The van der Waals surface area contributed by atoms with Crippen molar-refractivity contribution in [1.29, 1.82) is 0 Å². The Morgan fingerprint density at radius 3 is 2.38 bits per heavy atom. The zero-order chi connectivity index (χ0) is 11.7. The van der Waals surface area contributed by atoms with E-state index in [1.165, 1.54) is 5.56 Å². The van der Waals surface area contributed by atoms with Crippen LogP contribution in [0.5, 0.6) is 0 Å². The molecule has 2 nitrogen and oxygen atoms in total. The lowest BCUT2D eigenvalue weighted by Crippen LogP contribution is -1.90. The molecule has 0 fully saturated rings. The largest absolute Gasteiger partial charge is 0.159 e. The smallest absolute Gasteiger partial charge is 0.137 e. The van der Waals surface area contributed by atoms with E-state index >= 15 is 0 Å². The van der Waals surface area contributed by atoms with Crippen LogP contribution in [0.25, 0.3) is 11.1 Å². The molecule has 0 saturated heterocycles. The van der Waals surface area contributed by atoms with E-state index in [1.54, 1.807) is 6.07 Å². The molecular formula is C12H10Cl2N2. The van der Waals surface area contributed by atoms with Gasteiger partial charge in [-0.15, -0.1) is 10.2 Å². The van der Waals surface area contributed by atoms with Crippen molar-refractivity contribution < 1.29 is 0 Å². The van der Waals surface area contributed by atoms with Crippen molar-refractivity contribution in [2.75, 3.05) is 0 Å². The van der Waals surface area contributed by atoms with Gasteiger partial charge in [-0.05, 0) is 31.0 Å². The Labute approximate surface area is 104 Å². The summed E-state index contributed by atoms with van der Waals surface area (Å²) in [7, 11) is 0. The molecule has 0 atom stereocenters. The Morgan fingerprint density at radius 2 is 1.69 bits per heavy atom. The van der Waals surface area contributed by atoms with E-state index in [-0.39, 0.29) is 0 Å². The molecule has 0 saturated carbocycles. The summed E-state index contributed by atoms with van der Waals surface area (Å²) in [5.74, 6) is 0. The molecule has 82 valence electrons. The third-order valence-corrected chi connectivity index (χ3v) is 2.85. The van der Waals surface area contributed by atoms with Crippen LogP contribution < -0.4 is 0 Å². The van der Waals surface area contributed by atoms with E-state index in [4.69, 9.17) is 23.2 Å². The Bertz CT molecular complexity index is 539. The molecule has 0 spiro atoms. The highest BCUT2D eigenvalue weighted by Gasteiger charge is 2.09. The van der Waals surface area contributed by atoms with Crippen molar-refractivity contribution in [3.05, 3.63) is 45.7 Å². The van der Waals surface area contributed by atoms with E-state index < -0.39 is 0 Å². The quantitative estimate of drug-likeness (QED) is 0.765. The summed E-state index contributed by atoms with van der Waals surface area (Å²) >= 11 is 11.8. The lowest BCUT2D eigenvalue weighted by atomic mass is 10.0. The number of benzene rings is 1. The van der Waals surface area contributed by atoms with Crippen LogP contribution in [0.3, 0.4) is 0 Å². The number of aryl methyl sites for hydroxylation is 2. The first kappa shape index (κ1) is 11.4. The van der Waals surface area contributed by atoms with Crippen LogP contribution in [0.15, 0.2) is 24.3 Å². The second-order valence-electron chi connectivity index (χ2n) is 3.69. The zero-order valence-electron chi connectivity index (χ0n) is 8.96. The van der Waals surface area contributed by atoms with E-state index in [0.717, 1.165) is 16.7 Å². The minimum atomic E-state index is 0.347. The molecular weight excluding hydrogens is 243 g/mol. The fourth-order valence-electron chi connectivity index (χ4n) is 1.66. The summed E-state index contributed by atoms with van der Waals surface area (Å²) in [5.41, 5.74) is 4.21. The lowest BCUT2D eigenvalue weighted by Gasteiger charge is -2.08. The van der Waals surface area contributed by atoms with Crippen LogP contribution in [0, 0.1) is 13.8 Å². The van der Waals surface area contributed by atoms with E-state index in [1.807, 2.05) is 19.1 Å².